The van der Waals surface area contributed by atoms with Crippen molar-refractivity contribution in [3.8, 4) is 5.75 Å². The molecule has 140 valence electrons. The van der Waals surface area contributed by atoms with Gasteiger partial charge in [0.05, 0.1) is 11.5 Å². The van der Waals surface area contributed by atoms with Crippen LogP contribution in [0, 0.1) is 0 Å². The molecule has 1 aromatic carbocycles. The average molecular weight is 376 g/mol. The summed E-state index contributed by atoms with van der Waals surface area (Å²) < 4.78 is 31.7. The fourth-order valence-corrected chi connectivity index (χ4v) is 4.20. The highest BCUT2D eigenvalue weighted by molar-refractivity contribution is 7.91. The van der Waals surface area contributed by atoms with Crippen LogP contribution in [0.4, 0.5) is 0 Å². The van der Waals surface area contributed by atoms with Gasteiger partial charge in [-0.2, -0.15) is 0 Å². The molecule has 1 atom stereocenters. The molecule has 0 bridgehead atoms. The second-order valence-corrected chi connectivity index (χ2v) is 7.91. The molecule has 1 amide bonds. The topological polar surface area (TPSA) is 85.4 Å². The summed E-state index contributed by atoms with van der Waals surface area (Å²) in [5, 5.41) is 1.81. The highest BCUT2D eigenvalue weighted by Gasteiger charge is 2.29. The van der Waals surface area contributed by atoms with Crippen LogP contribution in [0.3, 0.4) is 0 Å². The van der Waals surface area contributed by atoms with Crippen LogP contribution in [0.25, 0.3) is 0 Å². The maximum atomic E-state index is 13.2. The molecule has 1 heterocycles. The average Bonchev–Trinajstić information content (AvgIpc) is 2.63. The number of aromatic nitrogens is 1. The second kappa shape index (κ2) is 9.33. The summed E-state index contributed by atoms with van der Waals surface area (Å²) >= 11 is 0. The second-order valence-electron chi connectivity index (χ2n) is 5.78. The summed E-state index contributed by atoms with van der Waals surface area (Å²) in [5.41, 5.74) is 0.540. The van der Waals surface area contributed by atoms with Gasteiger partial charge in [-0.15, -0.1) is 0 Å². The molecule has 0 aliphatic carbocycles. The molecule has 7 heteroatoms. The maximum absolute atomic E-state index is 13.2. The fraction of sp³-hybridized carbons (Fsp3) is 0.368. The van der Waals surface area contributed by atoms with E-state index in [1.54, 1.807) is 30.5 Å². The highest BCUT2D eigenvalue weighted by atomic mass is 32.2. The molecule has 1 aromatic heterocycles. The number of pyridine rings is 1. The van der Waals surface area contributed by atoms with Crippen molar-refractivity contribution in [2.24, 2.45) is 0 Å². The minimum Gasteiger partial charge on any atom is -0.494 e. The molecule has 0 radical (unpaired) electrons. The van der Waals surface area contributed by atoms with E-state index in [4.69, 9.17) is 4.74 Å². The molecule has 0 aliphatic rings. The standard InChI is InChI=1S/C19H24N2O4S/c1-3-6-19(22)21-14-18(15-7-5-12-20-13-15)26(23,24)17-10-8-16(9-11-17)25-4-2/h5,7-13,18H,3-4,6,14H2,1-2H3,(H,21,22). The van der Waals surface area contributed by atoms with Gasteiger partial charge in [-0.1, -0.05) is 13.0 Å². The number of benzene rings is 1. The lowest BCUT2D eigenvalue weighted by Crippen LogP contribution is -2.31. The van der Waals surface area contributed by atoms with Gasteiger partial charge in [0, 0.05) is 25.4 Å². The normalized spacial score (nSPS) is 12.4. The van der Waals surface area contributed by atoms with Crippen LogP contribution < -0.4 is 10.1 Å². The van der Waals surface area contributed by atoms with E-state index in [-0.39, 0.29) is 17.3 Å². The molecule has 0 saturated heterocycles. The number of rotatable bonds is 9. The Morgan fingerprint density at radius 3 is 2.50 bits per heavy atom. The van der Waals surface area contributed by atoms with Gasteiger partial charge in [-0.05, 0) is 49.2 Å². The van der Waals surface area contributed by atoms with Crippen molar-refractivity contribution in [2.75, 3.05) is 13.2 Å². The van der Waals surface area contributed by atoms with Crippen molar-refractivity contribution in [3.63, 3.8) is 0 Å². The first-order valence-corrected chi connectivity index (χ1v) is 10.2. The number of carbonyl (C=O) groups excluding carboxylic acids is 1. The molecular formula is C19H24N2O4S. The van der Waals surface area contributed by atoms with E-state index >= 15 is 0 Å². The quantitative estimate of drug-likeness (QED) is 0.727. The van der Waals surface area contributed by atoms with Crippen LogP contribution in [0.5, 0.6) is 5.75 Å². The predicted octanol–water partition coefficient (Wildman–Crippen LogP) is 2.91. The number of hydrogen-bond donors (Lipinski definition) is 1. The Bertz CT molecular complexity index is 805. The number of sulfone groups is 1. The predicted molar refractivity (Wildman–Crippen MR) is 99.7 cm³/mol. The molecule has 0 fully saturated rings. The minimum atomic E-state index is -3.71. The van der Waals surface area contributed by atoms with Crippen LogP contribution >= 0.6 is 0 Å². The Hall–Kier alpha value is -2.41. The zero-order valence-electron chi connectivity index (χ0n) is 15.0. The van der Waals surface area contributed by atoms with Gasteiger partial charge < -0.3 is 10.1 Å². The van der Waals surface area contributed by atoms with Crippen molar-refractivity contribution in [2.45, 2.75) is 36.8 Å². The Labute approximate surface area is 154 Å². The van der Waals surface area contributed by atoms with Crippen LogP contribution in [-0.2, 0) is 14.6 Å². The first-order chi connectivity index (χ1) is 12.5. The van der Waals surface area contributed by atoms with Gasteiger partial charge in [-0.25, -0.2) is 8.42 Å². The molecule has 6 nitrogen and oxygen atoms in total. The molecule has 26 heavy (non-hydrogen) atoms. The fourth-order valence-electron chi connectivity index (χ4n) is 2.55. The highest BCUT2D eigenvalue weighted by Crippen LogP contribution is 2.29. The molecule has 1 N–H and O–H groups in total. The number of amides is 1. The van der Waals surface area contributed by atoms with Crippen LogP contribution in [0.1, 0.15) is 37.5 Å². The molecule has 2 aromatic rings. The summed E-state index contributed by atoms with van der Waals surface area (Å²) in [6, 6.07) is 9.70. The SMILES string of the molecule is CCCC(=O)NCC(c1cccnc1)S(=O)(=O)c1ccc(OCC)cc1. The first-order valence-electron chi connectivity index (χ1n) is 8.62. The van der Waals surface area contributed by atoms with E-state index in [0.717, 1.165) is 0 Å². The summed E-state index contributed by atoms with van der Waals surface area (Å²) in [6.07, 6.45) is 4.17. The van der Waals surface area contributed by atoms with E-state index in [9.17, 15) is 13.2 Å². The summed E-state index contributed by atoms with van der Waals surface area (Å²) in [7, 11) is -3.71. The van der Waals surface area contributed by atoms with E-state index in [1.165, 1.54) is 18.3 Å². The third kappa shape index (κ3) is 5.05. The van der Waals surface area contributed by atoms with Gasteiger partial charge in [-0.3, -0.25) is 9.78 Å². The van der Waals surface area contributed by atoms with Crippen LogP contribution in [0.2, 0.25) is 0 Å². The van der Waals surface area contributed by atoms with E-state index in [1.807, 2.05) is 13.8 Å². The zero-order valence-corrected chi connectivity index (χ0v) is 15.8. The number of nitrogens with one attached hydrogen (secondary N) is 1. The Balaban J connectivity index is 2.31. The molecule has 1 unspecified atom stereocenters. The summed E-state index contributed by atoms with van der Waals surface area (Å²) in [6.45, 7) is 4.27. The van der Waals surface area contributed by atoms with Crippen LogP contribution in [-0.4, -0.2) is 32.5 Å². The first kappa shape index (κ1) is 19.9. The third-order valence-electron chi connectivity index (χ3n) is 3.86. The van der Waals surface area contributed by atoms with E-state index in [0.29, 0.717) is 30.8 Å². The van der Waals surface area contributed by atoms with Crippen molar-refractivity contribution in [3.05, 3.63) is 54.4 Å². The van der Waals surface area contributed by atoms with Crippen molar-refractivity contribution in [1.29, 1.82) is 0 Å². The zero-order chi connectivity index (χ0) is 19.0. The number of carbonyl (C=O) groups is 1. The largest absolute Gasteiger partial charge is 0.494 e. The summed E-state index contributed by atoms with van der Waals surface area (Å²) in [5.74, 6) is 0.448. The number of hydrogen-bond acceptors (Lipinski definition) is 5. The molecule has 0 spiro atoms. The van der Waals surface area contributed by atoms with E-state index < -0.39 is 15.1 Å². The Kier molecular flexibility index (Phi) is 7.15. The number of ether oxygens (including phenoxy) is 1. The monoisotopic (exact) mass is 376 g/mol. The van der Waals surface area contributed by atoms with Gasteiger partial charge in [0.25, 0.3) is 0 Å². The third-order valence-corrected chi connectivity index (χ3v) is 5.97. The summed E-state index contributed by atoms with van der Waals surface area (Å²) in [4.78, 5) is 16.0. The lowest BCUT2D eigenvalue weighted by atomic mass is 10.2. The van der Waals surface area contributed by atoms with Gasteiger partial charge in [0.2, 0.25) is 5.91 Å². The lowest BCUT2D eigenvalue weighted by molar-refractivity contribution is -0.121. The van der Waals surface area contributed by atoms with Crippen molar-refractivity contribution < 1.29 is 17.9 Å². The minimum absolute atomic E-state index is 0.0000709. The molecular weight excluding hydrogens is 352 g/mol. The van der Waals surface area contributed by atoms with E-state index in [2.05, 4.69) is 10.3 Å². The maximum Gasteiger partial charge on any atom is 0.220 e. The van der Waals surface area contributed by atoms with Gasteiger partial charge >= 0.3 is 0 Å². The smallest absolute Gasteiger partial charge is 0.220 e. The Morgan fingerprint density at radius 2 is 1.92 bits per heavy atom. The van der Waals surface area contributed by atoms with Crippen LogP contribution in [0.15, 0.2) is 53.7 Å². The number of nitrogens with zero attached hydrogens (tertiary/aromatic N) is 1. The molecule has 0 saturated carbocycles. The van der Waals surface area contributed by atoms with Gasteiger partial charge in [0.15, 0.2) is 9.84 Å². The van der Waals surface area contributed by atoms with Gasteiger partial charge in [0.1, 0.15) is 11.0 Å². The molecule has 0 aliphatic heterocycles. The molecule has 2 rings (SSSR count). The Morgan fingerprint density at radius 1 is 1.19 bits per heavy atom. The van der Waals surface area contributed by atoms with Crippen molar-refractivity contribution >= 4 is 15.7 Å². The lowest BCUT2D eigenvalue weighted by Gasteiger charge is -2.19. The van der Waals surface area contributed by atoms with Crippen molar-refractivity contribution in [1.82, 2.24) is 10.3 Å².